The molecule has 0 saturated carbocycles. The molecule has 1 aromatic carbocycles. The Morgan fingerprint density at radius 3 is 2.56 bits per heavy atom. The highest BCUT2D eigenvalue weighted by molar-refractivity contribution is 7.99. The van der Waals surface area contributed by atoms with Gasteiger partial charge in [-0.15, -0.1) is 17.7 Å². The fraction of sp³-hybridized carbons (Fsp3) is 0.467. The van der Waals surface area contributed by atoms with Gasteiger partial charge in [0.05, 0.1) is 5.75 Å². The van der Waals surface area contributed by atoms with Crippen molar-refractivity contribution >= 4 is 11.8 Å². The summed E-state index contributed by atoms with van der Waals surface area (Å²) in [5.74, 6) is 7.38. The van der Waals surface area contributed by atoms with E-state index in [4.69, 9.17) is 0 Å². The molecule has 1 rings (SSSR count). The van der Waals surface area contributed by atoms with Crippen molar-refractivity contribution in [2.24, 2.45) is 0 Å². The predicted molar refractivity (Wildman–Crippen MR) is 73.7 cm³/mol. The summed E-state index contributed by atoms with van der Waals surface area (Å²) in [5, 5.41) is 0. The summed E-state index contributed by atoms with van der Waals surface area (Å²) in [6.45, 7) is 2.24. The second-order valence-corrected chi connectivity index (χ2v) is 4.81. The van der Waals surface area contributed by atoms with Crippen LogP contribution in [0.15, 0.2) is 35.2 Å². The molecule has 0 nitrogen and oxygen atoms in total. The van der Waals surface area contributed by atoms with Crippen molar-refractivity contribution in [1.82, 2.24) is 0 Å². The van der Waals surface area contributed by atoms with Crippen LogP contribution < -0.4 is 0 Å². The van der Waals surface area contributed by atoms with E-state index in [1.54, 1.807) is 0 Å². The molecule has 0 heterocycles. The predicted octanol–water partition coefficient (Wildman–Crippen LogP) is 4.75. The van der Waals surface area contributed by atoms with Crippen molar-refractivity contribution in [1.29, 1.82) is 0 Å². The molecule has 0 aromatic heterocycles. The molecule has 1 aromatic rings. The molecule has 0 atom stereocenters. The molecule has 0 spiro atoms. The molecule has 0 aliphatic carbocycles. The maximum Gasteiger partial charge on any atom is 0.0594 e. The third-order valence-electron chi connectivity index (χ3n) is 2.33. The van der Waals surface area contributed by atoms with Gasteiger partial charge in [-0.1, -0.05) is 50.3 Å². The van der Waals surface area contributed by atoms with Crippen LogP contribution in [0, 0.1) is 11.8 Å². The van der Waals surface area contributed by atoms with Crippen molar-refractivity contribution in [2.45, 2.75) is 43.9 Å². The Morgan fingerprint density at radius 1 is 1.00 bits per heavy atom. The van der Waals surface area contributed by atoms with Crippen molar-refractivity contribution < 1.29 is 0 Å². The highest BCUT2D eigenvalue weighted by atomic mass is 32.2. The van der Waals surface area contributed by atoms with Gasteiger partial charge in [0.2, 0.25) is 0 Å². The van der Waals surface area contributed by atoms with E-state index in [1.807, 2.05) is 17.8 Å². The summed E-state index contributed by atoms with van der Waals surface area (Å²) in [4.78, 5) is 1.31. The molecule has 0 aliphatic rings. The lowest BCUT2D eigenvalue weighted by atomic mass is 10.2. The topological polar surface area (TPSA) is 0 Å². The second kappa shape index (κ2) is 9.36. The van der Waals surface area contributed by atoms with E-state index >= 15 is 0 Å². The van der Waals surface area contributed by atoms with Crippen LogP contribution >= 0.6 is 11.8 Å². The van der Waals surface area contributed by atoms with Crippen molar-refractivity contribution in [3.8, 4) is 11.8 Å². The summed E-state index contributed by atoms with van der Waals surface area (Å²) in [6, 6.07) is 10.5. The number of unbranched alkanes of at least 4 members (excludes halogenated alkanes) is 4. The Hall–Kier alpha value is -0.870. The monoisotopic (exact) mass is 232 g/mol. The normalized spacial score (nSPS) is 9.56. The van der Waals surface area contributed by atoms with Crippen LogP contribution in [0.5, 0.6) is 0 Å². The first-order valence-corrected chi connectivity index (χ1v) is 7.05. The number of rotatable bonds is 6. The molecule has 0 radical (unpaired) electrons. The van der Waals surface area contributed by atoms with Gasteiger partial charge in [0, 0.05) is 11.3 Å². The molecule has 0 N–H and O–H groups in total. The zero-order chi connectivity index (χ0) is 11.5. The minimum atomic E-state index is 0.914. The zero-order valence-electron chi connectivity index (χ0n) is 10.0. The second-order valence-electron chi connectivity index (χ2n) is 3.77. The van der Waals surface area contributed by atoms with Crippen molar-refractivity contribution in [3.63, 3.8) is 0 Å². The van der Waals surface area contributed by atoms with Crippen LogP contribution in [0.2, 0.25) is 0 Å². The molecule has 0 amide bonds. The van der Waals surface area contributed by atoms with Crippen LogP contribution in [0.4, 0.5) is 0 Å². The van der Waals surface area contributed by atoms with Gasteiger partial charge in [-0.2, -0.15) is 0 Å². The minimum absolute atomic E-state index is 0.914. The smallest absolute Gasteiger partial charge is 0.0594 e. The average Bonchev–Trinajstić information content (AvgIpc) is 2.34. The number of thioether (sulfide) groups is 1. The van der Waals surface area contributed by atoms with Crippen molar-refractivity contribution in [3.05, 3.63) is 30.3 Å². The zero-order valence-corrected chi connectivity index (χ0v) is 10.9. The van der Waals surface area contributed by atoms with Crippen LogP contribution in [0.1, 0.15) is 39.0 Å². The van der Waals surface area contributed by atoms with Gasteiger partial charge in [0.1, 0.15) is 0 Å². The number of hydrogen-bond donors (Lipinski definition) is 0. The van der Waals surface area contributed by atoms with E-state index in [1.165, 1.54) is 30.6 Å². The standard InChI is InChI=1S/C15H20S/c1-2-3-4-5-6-7-11-14-16-15-12-9-8-10-13-15/h8-10,12-13H,2-6,14H2,1H3. The first-order chi connectivity index (χ1) is 7.93. The van der Waals surface area contributed by atoms with E-state index in [9.17, 15) is 0 Å². The van der Waals surface area contributed by atoms with Crippen LogP contribution in [-0.4, -0.2) is 5.75 Å². The minimum Gasteiger partial charge on any atom is -0.113 e. The lowest BCUT2D eigenvalue weighted by Crippen LogP contribution is -1.76. The molecule has 0 fully saturated rings. The first-order valence-electron chi connectivity index (χ1n) is 6.07. The maximum atomic E-state index is 3.24. The highest BCUT2D eigenvalue weighted by Crippen LogP contribution is 2.15. The molecule has 0 aliphatic heterocycles. The summed E-state index contributed by atoms with van der Waals surface area (Å²) < 4.78 is 0. The largest absolute Gasteiger partial charge is 0.113 e. The summed E-state index contributed by atoms with van der Waals surface area (Å²) >= 11 is 1.82. The molecule has 0 unspecified atom stereocenters. The third-order valence-corrected chi connectivity index (χ3v) is 3.23. The van der Waals surface area contributed by atoms with Gasteiger partial charge in [-0.05, 0) is 18.6 Å². The van der Waals surface area contributed by atoms with E-state index < -0.39 is 0 Å². The van der Waals surface area contributed by atoms with Gasteiger partial charge in [-0.3, -0.25) is 0 Å². The Labute approximate surface area is 104 Å². The molecule has 0 saturated heterocycles. The quantitative estimate of drug-likeness (QED) is 0.387. The van der Waals surface area contributed by atoms with Gasteiger partial charge < -0.3 is 0 Å². The Balaban J connectivity index is 2.05. The fourth-order valence-electron chi connectivity index (χ4n) is 1.42. The Kier molecular flexibility index (Phi) is 7.72. The molecular formula is C15H20S. The lowest BCUT2D eigenvalue weighted by molar-refractivity contribution is 0.679. The Bertz CT molecular complexity index is 318. The summed E-state index contributed by atoms with van der Waals surface area (Å²) in [6.07, 6.45) is 6.31. The Morgan fingerprint density at radius 2 is 1.81 bits per heavy atom. The van der Waals surface area contributed by atoms with Crippen LogP contribution in [0.25, 0.3) is 0 Å². The summed E-state index contributed by atoms with van der Waals surface area (Å²) in [5.41, 5.74) is 0. The highest BCUT2D eigenvalue weighted by Gasteiger charge is 1.88. The van der Waals surface area contributed by atoms with Crippen LogP contribution in [-0.2, 0) is 0 Å². The number of hydrogen-bond acceptors (Lipinski definition) is 1. The van der Waals surface area contributed by atoms with Gasteiger partial charge in [0.25, 0.3) is 0 Å². The van der Waals surface area contributed by atoms with Gasteiger partial charge in [0.15, 0.2) is 0 Å². The molecule has 86 valence electrons. The van der Waals surface area contributed by atoms with E-state index in [2.05, 4.69) is 43.0 Å². The average molecular weight is 232 g/mol. The fourth-order valence-corrected chi connectivity index (χ4v) is 2.11. The summed E-state index contributed by atoms with van der Waals surface area (Å²) in [7, 11) is 0. The first kappa shape index (κ1) is 13.2. The van der Waals surface area contributed by atoms with E-state index in [0.29, 0.717) is 0 Å². The molecule has 0 bridgehead atoms. The van der Waals surface area contributed by atoms with Crippen LogP contribution in [0.3, 0.4) is 0 Å². The molecule has 16 heavy (non-hydrogen) atoms. The molecular weight excluding hydrogens is 212 g/mol. The van der Waals surface area contributed by atoms with Crippen molar-refractivity contribution in [2.75, 3.05) is 5.75 Å². The molecule has 1 heteroatoms. The van der Waals surface area contributed by atoms with Gasteiger partial charge in [-0.25, -0.2) is 0 Å². The van der Waals surface area contributed by atoms with E-state index in [-0.39, 0.29) is 0 Å². The number of benzene rings is 1. The van der Waals surface area contributed by atoms with Gasteiger partial charge >= 0.3 is 0 Å². The third kappa shape index (κ3) is 6.58. The van der Waals surface area contributed by atoms with E-state index in [0.717, 1.165) is 12.2 Å². The SMILES string of the molecule is CCCCCCC#CCSc1ccccc1. The lowest BCUT2D eigenvalue weighted by Gasteiger charge is -1.94. The maximum absolute atomic E-state index is 3.24.